The molecule has 0 aliphatic carbocycles. The number of benzene rings is 2. The number of ether oxygens (including phenoxy) is 1. The summed E-state index contributed by atoms with van der Waals surface area (Å²) in [5.41, 5.74) is 0.877. The van der Waals surface area contributed by atoms with Crippen LogP contribution in [0.25, 0.3) is 0 Å². The van der Waals surface area contributed by atoms with Crippen LogP contribution in [-0.4, -0.2) is 40.6 Å². The number of hydrogen-bond acceptors (Lipinski definition) is 6. The molecule has 1 aliphatic heterocycles. The fourth-order valence-corrected chi connectivity index (χ4v) is 4.29. The predicted octanol–water partition coefficient (Wildman–Crippen LogP) is 3.92. The molecule has 3 aromatic rings. The van der Waals surface area contributed by atoms with Crippen LogP contribution in [-0.2, 0) is 0 Å². The maximum atomic E-state index is 13.3. The SMILES string of the molecule is COc1cccc(C(=O)N2CCC[C@@H]2c2nnc(C(=O)Nc3cccc(F)c3)s2)c1. The number of halogens is 1. The summed E-state index contributed by atoms with van der Waals surface area (Å²) in [6.07, 6.45) is 1.58. The first kappa shape index (κ1) is 20.0. The van der Waals surface area contributed by atoms with Crippen LogP contribution in [0.4, 0.5) is 10.1 Å². The van der Waals surface area contributed by atoms with Gasteiger partial charge in [-0.25, -0.2) is 4.39 Å². The highest BCUT2D eigenvalue weighted by molar-refractivity contribution is 7.13. The van der Waals surface area contributed by atoms with Crippen LogP contribution in [0, 0.1) is 5.82 Å². The Balaban J connectivity index is 1.50. The number of aromatic nitrogens is 2. The van der Waals surface area contributed by atoms with Crippen molar-refractivity contribution >= 4 is 28.8 Å². The molecule has 154 valence electrons. The van der Waals surface area contributed by atoms with Crippen LogP contribution in [0.2, 0.25) is 0 Å². The lowest BCUT2D eigenvalue weighted by Gasteiger charge is -2.23. The van der Waals surface area contributed by atoms with Crippen LogP contribution >= 0.6 is 11.3 Å². The monoisotopic (exact) mass is 426 g/mol. The van der Waals surface area contributed by atoms with Gasteiger partial charge in [-0.15, -0.1) is 10.2 Å². The van der Waals surface area contributed by atoms with Gasteiger partial charge in [0.2, 0.25) is 5.01 Å². The summed E-state index contributed by atoms with van der Waals surface area (Å²) < 4.78 is 18.5. The Hall–Kier alpha value is -3.33. The lowest BCUT2D eigenvalue weighted by molar-refractivity contribution is 0.0734. The van der Waals surface area contributed by atoms with E-state index in [9.17, 15) is 14.0 Å². The van der Waals surface area contributed by atoms with Gasteiger partial charge < -0.3 is 15.0 Å². The number of likely N-dealkylation sites (tertiary alicyclic amines) is 1. The molecule has 1 aliphatic rings. The van der Waals surface area contributed by atoms with E-state index in [0.717, 1.165) is 24.2 Å². The third kappa shape index (κ3) is 4.16. The van der Waals surface area contributed by atoms with Gasteiger partial charge in [-0.1, -0.05) is 23.5 Å². The van der Waals surface area contributed by atoms with Gasteiger partial charge in [-0.05, 0) is 49.2 Å². The summed E-state index contributed by atoms with van der Waals surface area (Å²) in [5, 5.41) is 11.5. The fourth-order valence-electron chi connectivity index (χ4n) is 3.40. The second-order valence-electron chi connectivity index (χ2n) is 6.80. The number of nitrogens with one attached hydrogen (secondary N) is 1. The second kappa shape index (κ2) is 8.58. The molecule has 4 rings (SSSR count). The molecule has 2 amide bonds. The zero-order chi connectivity index (χ0) is 21.1. The van der Waals surface area contributed by atoms with Gasteiger partial charge in [0.1, 0.15) is 16.6 Å². The third-order valence-corrected chi connectivity index (χ3v) is 5.86. The molecule has 0 bridgehead atoms. The minimum absolute atomic E-state index is 0.114. The summed E-state index contributed by atoms with van der Waals surface area (Å²) in [6.45, 7) is 0.602. The molecule has 30 heavy (non-hydrogen) atoms. The quantitative estimate of drug-likeness (QED) is 0.669. The highest BCUT2D eigenvalue weighted by Crippen LogP contribution is 2.35. The van der Waals surface area contributed by atoms with Crippen LogP contribution in [0.1, 0.15) is 44.1 Å². The van der Waals surface area contributed by atoms with Crippen molar-refractivity contribution in [2.45, 2.75) is 18.9 Å². The first-order valence-electron chi connectivity index (χ1n) is 9.40. The van der Waals surface area contributed by atoms with Gasteiger partial charge in [0.25, 0.3) is 11.8 Å². The van der Waals surface area contributed by atoms with E-state index >= 15 is 0 Å². The Labute approximate surface area is 176 Å². The Morgan fingerprint density at radius 3 is 2.83 bits per heavy atom. The van der Waals surface area contributed by atoms with Gasteiger partial charge in [-0.2, -0.15) is 0 Å². The van der Waals surface area contributed by atoms with E-state index in [0.29, 0.717) is 28.6 Å². The van der Waals surface area contributed by atoms with E-state index in [2.05, 4.69) is 15.5 Å². The molecular formula is C21H19FN4O3S. The number of carbonyl (C=O) groups excluding carboxylic acids is 2. The van der Waals surface area contributed by atoms with Crippen LogP contribution in [0.15, 0.2) is 48.5 Å². The van der Waals surface area contributed by atoms with Gasteiger partial charge in [0.15, 0.2) is 0 Å². The van der Waals surface area contributed by atoms with Crippen LogP contribution < -0.4 is 10.1 Å². The van der Waals surface area contributed by atoms with E-state index in [-0.39, 0.29) is 17.0 Å². The maximum absolute atomic E-state index is 13.3. The zero-order valence-electron chi connectivity index (χ0n) is 16.2. The Bertz CT molecular complexity index is 1090. The second-order valence-corrected chi connectivity index (χ2v) is 7.81. The number of methoxy groups -OCH3 is 1. The first-order chi connectivity index (χ1) is 14.5. The molecule has 0 spiro atoms. The molecule has 0 saturated carbocycles. The average molecular weight is 426 g/mol. The van der Waals surface area contributed by atoms with Crippen LogP contribution in [0.5, 0.6) is 5.75 Å². The van der Waals surface area contributed by atoms with E-state index in [1.165, 1.54) is 18.2 Å². The number of rotatable bonds is 5. The summed E-state index contributed by atoms with van der Waals surface area (Å²) in [6, 6.07) is 12.4. The van der Waals surface area contributed by atoms with Crippen molar-refractivity contribution in [3.63, 3.8) is 0 Å². The zero-order valence-corrected chi connectivity index (χ0v) is 17.0. The van der Waals surface area contributed by atoms with E-state index < -0.39 is 11.7 Å². The highest BCUT2D eigenvalue weighted by Gasteiger charge is 2.33. The summed E-state index contributed by atoms with van der Waals surface area (Å²) >= 11 is 1.14. The normalized spacial score (nSPS) is 15.8. The van der Waals surface area contributed by atoms with Crippen LogP contribution in [0.3, 0.4) is 0 Å². The van der Waals surface area contributed by atoms with Gasteiger partial charge >= 0.3 is 0 Å². The molecule has 1 N–H and O–H groups in total. The van der Waals surface area contributed by atoms with E-state index in [4.69, 9.17) is 4.74 Å². The number of carbonyl (C=O) groups is 2. The third-order valence-electron chi connectivity index (χ3n) is 4.83. The molecule has 1 atom stereocenters. The number of nitrogens with zero attached hydrogens (tertiary/aromatic N) is 3. The Morgan fingerprint density at radius 1 is 1.20 bits per heavy atom. The minimum atomic E-state index is -0.465. The largest absolute Gasteiger partial charge is 0.497 e. The van der Waals surface area contributed by atoms with E-state index in [1.54, 1.807) is 42.3 Å². The van der Waals surface area contributed by atoms with E-state index in [1.807, 2.05) is 0 Å². The lowest BCUT2D eigenvalue weighted by Crippen LogP contribution is -2.30. The smallest absolute Gasteiger partial charge is 0.286 e. The van der Waals surface area contributed by atoms with Crippen molar-refractivity contribution in [3.8, 4) is 5.75 Å². The summed E-state index contributed by atoms with van der Waals surface area (Å²) in [7, 11) is 1.56. The molecule has 1 saturated heterocycles. The first-order valence-corrected chi connectivity index (χ1v) is 10.2. The summed E-state index contributed by atoms with van der Waals surface area (Å²) in [5.74, 6) is -0.405. The molecular weight excluding hydrogens is 407 g/mol. The van der Waals surface area contributed by atoms with Crippen molar-refractivity contribution in [2.24, 2.45) is 0 Å². The Morgan fingerprint density at radius 2 is 2.03 bits per heavy atom. The molecule has 0 radical (unpaired) electrons. The molecule has 2 aromatic carbocycles. The highest BCUT2D eigenvalue weighted by atomic mass is 32.1. The number of hydrogen-bond donors (Lipinski definition) is 1. The van der Waals surface area contributed by atoms with Crippen molar-refractivity contribution < 1.29 is 18.7 Å². The molecule has 9 heteroatoms. The average Bonchev–Trinajstić information content (AvgIpc) is 3.43. The van der Waals surface area contributed by atoms with Gasteiger partial charge in [-0.3, -0.25) is 9.59 Å². The molecule has 2 heterocycles. The summed E-state index contributed by atoms with van der Waals surface area (Å²) in [4.78, 5) is 27.2. The standard InChI is InChI=1S/C21H19FN4O3S/c1-29-16-8-2-5-13(11-16)21(28)26-10-4-9-17(26)19-24-25-20(30-19)18(27)23-15-7-3-6-14(22)12-15/h2-3,5-8,11-12,17H,4,9-10H2,1H3,(H,23,27)/t17-/m1/s1. The molecule has 0 unspecified atom stereocenters. The Kier molecular flexibility index (Phi) is 5.71. The molecule has 7 nitrogen and oxygen atoms in total. The topological polar surface area (TPSA) is 84.4 Å². The van der Waals surface area contributed by atoms with Crippen molar-refractivity contribution in [2.75, 3.05) is 19.0 Å². The van der Waals surface area contributed by atoms with Gasteiger partial charge in [0.05, 0.1) is 13.2 Å². The predicted molar refractivity (Wildman–Crippen MR) is 110 cm³/mol. The fraction of sp³-hybridized carbons (Fsp3) is 0.238. The van der Waals surface area contributed by atoms with Crippen molar-refractivity contribution in [1.29, 1.82) is 0 Å². The maximum Gasteiger partial charge on any atom is 0.286 e. The number of anilines is 1. The molecule has 1 fully saturated rings. The molecule has 1 aromatic heterocycles. The van der Waals surface area contributed by atoms with Crippen molar-refractivity contribution in [1.82, 2.24) is 15.1 Å². The van der Waals surface area contributed by atoms with Gasteiger partial charge in [0, 0.05) is 17.8 Å². The number of amides is 2. The van der Waals surface area contributed by atoms with Crippen molar-refractivity contribution in [3.05, 3.63) is 69.9 Å². The minimum Gasteiger partial charge on any atom is -0.497 e. The lowest BCUT2D eigenvalue weighted by atomic mass is 10.1.